The van der Waals surface area contributed by atoms with Crippen LogP contribution in [-0.4, -0.2) is 16.8 Å². The van der Waals surface area contributed by atoms with Gasteiger partial charge in [-0.2, -0.15) is 0 Å². The Balaban J connectivity index is 3.13. The van der Waals surface area contributed by atoms with Gasteiger partial charge in [-0.05, 0) is 31.5 Å². The van der Waals surface area contributed by atoms with Crippen molar-refractivity contribution in [3.63, 3.8) is 0 Å². The molecule has 4 nitrogen and oxygen atoms in total. The van der Waals surface area contributed by atoms with Crippen molar-refractivity contribution in [1.29, 1.82) is 0 Å². The number of aliphatic carboxylic acids is 1. The number of rotatable bonds is 2. The Morgan fingerprint density at radius 1 is 1.50 bits per heavy atom. The molecule has 0 aliphatic carbocycles. The minimum Gasteiger partial charge on any atom is -0.477 e. The lowest BCUT2D eigenvalue weighted by atomic mass is 10.2. The molecule has 0 fully saturated rings. The molecule has 0 spiro atoms. The molecule has 0 unspecified atom stereocenters. The normalized spacial score (nSPS) is 11.4. The Labute approximate surface area is 82.1 Å². The van der Waals surface area contributed by atoms with E-state index >= 15 is 0 Å². The minimum atomic E-state index is -1.04. The standard InChI is InChI=1S/C10H12N2O2/c1-6-3-4-8(11)9(5-6)12-7(2)10(13)14/h3-5H,11H2,1-2H3,(H,13,14). The second-order valence-electron chi connectivity index (χ2n) is 3.06. The number of nitrogens with zero attached hydrogens (tertiary/aromatic N) is 1. The zero-order valence-corrected chi connectivity index (χ0v) is 8.11. The first-order valence-corrected chi connectivity index (χ1v) is 4.15. The lowest BCUT2D eigenvalue weighted by Gasteiger charge is -2.01. The highest BCUT2D eigenvalue weighted by Gasteiger charge is 2.03. The van der Waals surface area contributed by atoms with Gasteiger partial charge in [0.25, 0.3) is 0 Å². The average molecular weight is 192 g/mol. The molecule has 0 aromatic heterocycles. The molecule has 3 N–H and O–H groups in total. The first kappa shape index (κ1) is 10.2. The molecule has 1 aromatic rings. The minimum absolute atomic E-state index is 0.0299. The van der Waals surface area contributed by atoms with Crippen LogP contribution in [0.4, 0.5) is 11.4 Å². The Morgan fingerprint density at radius 2 is 2.14 bits per heavy atom. The quantitative estimate of drug-likeness (QED) is 0.553. The maximum atomic E-state index is 10.5. The van der Waals surface area contributed by atoms with Crippen molar-refractivity contribution in [2.75, 3.05) is 5.73 Å². The number of carboxylic acid groups (broad SMARTS) is 1. The van der Waals surface area contributed by atoms with E-state index in [9.17, 15) is 4.79 Å². The third kappa shape index (κ3) is 2.32. The van der Waals surface area contributed by atoms with Crippen LogP contribution in [0.1, 0.15) is 12.5 Å². The van der Waals surface area contributed by atoms with Gasteiger partial charge >= 0.3 is 5.97 Å². The number of nitrogen functional groups attached to an aromatic ring is 1. The Kier molecular flexibility index (Phi) is 2.86. The second-order valence-corrected chi connectivity index (χ2v) is 3.06. The summed E-state index contributed by atoms with van der Waals surface area (Å²) >= 11 is 0. The number of nitrogens with two attached hydrogens (primary N) is 1. The summed E-state index contributed by atoms with van der Waals surface area (Å²) in [6, 6.07) is 5.32. The van der Waals surface area contributed by atoms with Crippen molar-refractivity contribution in [2.24, 2.45) is 4.99 Å². The second kappa shape index (κ2) is 3.91. The summed E-state index contributed by atoms with van der Waals surface area (Å²) in [6.07, 6.45) is 0. The van der Waals surface area contributed by atoms with Crippen molar-refractivity contribution in [1.82, 2.24) is 0 Å². The molecule has 1 rings (SSSR count). The lowest BCUT2D eigenvalue weighted by Crippen LogP contribution is -2.07. The van der Waals surface area contributed by atoms with Gasteiger partial charge in [-0.3, -0.25) is 0 Å². The van der Waals surface area contributed by atoms with E-state index in [0.717, 1.165) is 5.56 Å². The molecule has 0 saturated heterocycles. The van der Waals surface area contributed by atoms with Gasteiger partial charge in [0.15, 0.2) is 0 Å². The van der Waals surface area contributed by atoms with Crippen LogP contribution in [0.15, 0.2) is 23.2 Å². The van der Waals surface area contributed by atoms with Gasteiger partial charge in [-0.1, -0.05) is 6.07 Å². The first-order valence-electron chi connectivity index (χ1n) is 4.15. The van der Waals surface area contributed by atoms with Gasteiger partial charge in [0.1, 0.15) is 5.71 Å². The highest BCUT2D eigenvalue weighted by Crippen LogP contribution is 2.23. The van der Waals surface area contributed by atoms with Crippen LogP contribution in [0.5, 0.6) is 0 Å². The molecule has 0 saturated carbocycles. The Bertz CT molecular complexity index is 397. The van der Waals surface area contributed by atoms with Crippen LogP contribution in [0.2, 0.25) is 0 Å². The first-order chi connectivity index (χ1) is 6.50. The van der Waals surface area contributed by atoms with Crippen LogP contribution in [0.3, 0.4) is 0 Å². The molecule has 0 aliphatic heterocycles. The third-order valence-corrected chi connectivity index (χ3v) is 1.78. The van der Waals surface area contributed by atoms with E-state index in [4.69, 9.17) is 10.8 Å². The molecule has 4 heteroatoms. The molecule has 0 bridgehead atoms. The highest BCUT2D eigenvalue weighted by atomic mass is 16.4. The fraction of sp³-hybridized carbons (Fsp3) is 0.200. The van der Waals surface area contributed by atoms with Crippen molar-refractivity contribution >= 4 is 23.1 Å². The number of anilines is 1. The SMILES string of the molecule is CC(=Nc1cc(C)ccc1N)C(=O)O. The summed E-state index contributed by atoms with van der Waals surface area (Å²) < 4.78 is 0. The van der Waals surface area contributed by atoms with E-state index in [1.165, 1.54) is 6.92 Å². The number of aryl methyl sites for hydroxylation is 1. The smallest absolute Gasteiger partial charge is 0.349 e. The predicted molar refractivity (Wildman–Crippen MR) is 56.0 cm³/mol. The maximum absolute atomic E-state index is 10.5. The fourth-order valence-electron chi connectivity index (χ4n) is 0.979. The Morgan fingerprint density at radius 3 is 2.71 bits per heavy atom. The molecular weight excluding hydrogens is 180 g/mol. The van der Waals surface area contributed by atoms with Gasteiger partial charge in [0.05, 0.1) is 11.4 Å². The summed E-state index contributed by atoms with van der Waals surface area (Å²) in [6.45, 7) is 3.33. The van der Waals surface area contributed by atoms with Gasteiger partial charge < -0.3 is 10.8 Å². The molecule has 0 atom stereocenters. The van der Waals surface area contributed by atoms with Crippen molar-refractivity contribution in [3.05, 3.63) is 23.8 Å². The van der Waals surface area contributed by atoms with E-state index in [1.807, 2.05) is 13.0 Å². The maximum Gasteiger partial charge on any atom is 0.349 e. The summed E-state index contributed by atoms with van der Waals surface area (Å²) in [5, 5.41) is 8.63. The number of carbonyl (C=O) groups is 1. The number of carboxylic acids is 1. The molecule has 0 radical (unpaired) electrons. The van der Waals surface area contributed by atoms with E-state index in [0.29, 0.717) is 11.4 Å². The van der Waals surface area contributed by atoms with Crippen LogP contribution < -0.4 is 5.73 Å². The van der Waals surface area contributed by atoms with E-state index < -0.39 is 5.97 Å². The number of benzene rings is 1. The van der Waals surface area contributed by atoms with E-state index in [-0.39, 0.29) is 5.71 Å². The van der Waals surface area contributed by atoms with Crippen LogP contribution in [0.25, 0.3) is 0 Å². The molecule has 0 heterocycles. The zero-order valence-electron chi connectivity index (χ0n) is 8.11. The number of hydrogen-bond acceptors (Lipinski definition) is 3. The van der Waals surface area contributed by atoms with E-state index in [1.54, 1.807) is 12.1 Å². The van der Waals surface area contributed by atoms with Gasteiger partial charge in [0.2, 0.25) is 0 Å². The molecule has 0 amide bonds. The molecular formula is C10H12N2O2. The van der Waals surface area contributed by atoms with Crippen LogP contribution in [-0.2, 0) is 4.79 Å². The molecule has 14 heavy (non-hydrogen) atoms. The summed E-state index contributed by atoms with van der Waals surface area (Å²) in [5.74, 6) is -1.04. The monoisotopic (exact) mass is 192 g/mol. The van der Waals surface area contributed by atoms with Crippen LogP contribution in [0, 0.1) is 6.92 Å². The molecule has 74 valence electrons. The molecule has 1 aromatic carbocycles. The summed E-state index contributed by atoms with van der Waals surface area (Å²) in [4.78, 5) is 14.4. The van der Waals surface area contributed by atoms with Crippen LogP contribution >= 0.6 is 0 Å². The fourth-order valence-corrected chi connectivity index (χ4v) is 0.979. The zero-order chi connectivity index (χ0) is 10.7. The largest absolute Gasteiger partial charge is 0.477 e. The Hall–Kier alpha value is -1.84. The number of hydrogen-bond donors (Lipinski definition) is 2. The van der Waals surface area contributed by atoms with Crippen molar-refractivity contribution < 1.29 is 9.90 Å². The van der Waals surface area contributed by atoms with Crippen molar-refractivity contribution in [2.45, 2.75) is 13.8 Å². The van der Waals surface area contributed by atoms with E-state index in [2.05, 4.69) is 4.99 Å². The van der Waals surface area contributed by atoms with Gasteiger partial charge in [-0.25, -0.2) is 9.79 Å². The summed E-state index contributed by atoms with van der Waals surface area (Å²) in [7, 11) is 0. The van der Waals surface area contributed by atoms with Gasteiger partial charge in [-0.15, -0.1) is 0 Å². The lowest BCUT2D eigenvalue weighted by molar-refractivity contribution is -0.129. The summed E-state index contributed by atoms with van der Waals surface area (Å²) in [5.41, 5.74) is 7.65. The average Bonchev–Trinajstić information content (AvgIpc) is 2.11. The predicted octanol–water partition coefficient (Wildman–Crippen LogP) is 1.75. The van der Waals surface area contributed by atoms with Gasteiger partial charge in [0, 0.05) is 0 Å². The third-order valence-electron chi connectivity index (χ3n) is 1.78. The number of aliphatic imine (C=N–C) groups is 1. The van der Waals surface area contributed by atoms with Crippen molar-refractivity contribution in [3.8, 4) is 0 Å². The highest BCUT2D eigenvalue weighted by molar-refractivity contribution is 6.35. The topological polar surface area (TPSA) is 75.7 Å². The molecule has 0 aliphatic rings.